The Morgan fingerprint density at radius 1 is 1.16 bits per heavy atom. The van der Waals surface area contributed by atoms with Gasteiger partial charge < -0.3 is 14.9 Å². The predicted octanol–water partition coefficient (Wildman–Crippen LogP) is 2.06. The Balaban J connectivity index is 1.74. The molecular formula is C16H32N2O. The Bertz CT molecular complexity index is 284. The molecule has 1 saturated carbocycles. The van der Waals surface area contributed by atoms with Crippen LogP contribution in [0.5, 0.6) is 0 Å². The first kappa shape index (κ1) is 15.3. The van der Waals surface area contributed by atoms with Crippen molar-refractivity contribution in [2.75, 3.05) is 40.3 Å². The molecule has 1 saturated heterocycles. The van der Waals surface area contributed by atoms with E-state index in [0.717, 1.165) is 12.5 Å². The van der Waals surface area contributed by atoms with Gasteiger partial charge in [-0.2, -0.15) is 0 Å². The lowest BCUT2D eigenvalue weighted by Gasteiger charge is -2.33. The predicted molar refractivity (Wildman–Crippen MR) is 80.2 cm³/mol. The molecule has 0 amide bonds. The van der Waals surface area contributed by atoms with Gasteiger partial charge >= 0.3 is 0 Å². The highest BCUT2D eigenvalue weighted by Gasteiger charge is 2.40. The molecular weight excluding hydrogens is 236 g/mol. The van der Waals surface area contributed by atoms with E-state index in [0.29, 0.717) is 5.92 Å². The van der Waals surface area contributed by atoms with E-state index in [1.54, 1.807) is 0 Å². The molecule has 0 aromatic rings. The minimum Gasteiger partial charge on any atom is -0.392 e. The van der Waals surface area contributed by atoms with Gasteiger partial charge in [-0.3, -0.25) is 0 Å². The molecule has 1 heterocycles. The maximum atomic E-state index is 10.4. The van der Waals surface area contributed by atoms with E-state index in [1.165, 1.54) is 45.3 Å². The van der Waals surface area contributed by atoms with Gasteiger partial charge in [0.25, 0.3) is 0 Å². The fourth-order valence-corrected chi connectivity index (χ4v) is 3.85. The second-order valence-electron chi connectivity index (χ2n) is 7.70. The molecule has 2 atom stereocenters. The van der Waals surface area contributed by atoms with Gasteiger partial charge in [0.1, 0.15) is 0 Å². The molecule has 2 rings (SSSR count). The molecule has 19 heavy (non-hydrogen) atoms. The van der Waals surface area contributed by atoms with Crippen molar-refractivity contribution in [3.8, 4) is 0 Å². The standard InChI is InChI=1S/C16H32N2O/c1-16(2)8-5-14(15(16)19)12-18(4)11-13-6-9-17(3)10-7-13/h13-15,19H,5-12H2,1-4H3. The monoisotopic (exact) mass is 268 g/mol. The van der Waals surface area contributed by atoms with Gasteiger partial charge in [0, 0.05) is 13.1 Å². The minimum atomic E-state index is -0.118. The third-order valence-corrected chi connectivity index (χ3v) is 5.36. The number of hydrogen-bond donors (Lipinski definition) is 1. The van der Waals surface area contributed by atoms with Gasteiger partial charge in [0.05, 0.1) is 6.10 Å². The Morgan fingerprint density at radius 3 is 2.32 bits per heavy atom. The largest absolute Gasteiger partial charge is 0.392 e. The zero-order chi connectivity index (χ0) is 14.0. The van der Waals surface area contributed by atoms with Crippen LogP contribution in [0.15, 0.2) is 0 Å². The van der Waals surface area contributed by atoms with Crippen molar-refractivity contribution in [1.82, 2.24) is 9.80 Å². The van der Waals surface area contributed by atoms with Gasteiger partial charge in [-0.25, -0.2) is 0 Å². The first-order chi connectivity index (χ1) is 8.88. The fraction of sp³-hybridized carbons (Fsp3) is 1.00. The highest BCUT2D eigenvalue weighted by atomic mass is 16.3. The molecule has 0 aromatic carbocycles. The smallest absolute Gasteiger partial charge is 0.0631 e. The summed E-state index contributed by atoms with van der Waals surface area (Å²) in [5, 5.41) is 10.4. The summed E-state index contributed by atoms with van der Waals surface area (Å²) in [5.41, 5.74) is 0.124. The van der Waals surface area contributed by atoms with Gasteiger partial charge in [-0.15, -0.1) is 0 Å². The number of piperidine rings is 1. The summed E-state index contributed by atoms with van der Waals surface area (Å²) < 4.78 is 0. The molecule has 0 radical (unpaired) electrons. The van der Waals surface area contributed by atoms with Gasteiger partial charge in [-0.1, -0.05) is 13.8 Å². The van der Waals surface area contributed by atoms with E-state index in [1.807, 2.05) is 0 Å². The van der Waals surface area contributed by atoms with E-state index in [2.05, 4.69) is 37.7 Å². The fourth-order valence-electron chi connectivity index (χ4n) is 3.85. The highest BCUT2D eigenvalue weighted by molar-refractivity contribution is 4.92. The summed E-state index contributed by atoms with van der Waals surface area (Å²) in [5.74, 6) is 1.33. The van der Waals surface area contributed by atoms with Crippen LogP contribution in [-0.4, -0.2) is 61.3 Å². The molecule has 0 aromatic heterocycles. The highest BCUT2D eigenvalue weighted by Crippen LogP contribution is 2.41. The quantitative estimate of drug-likeness (QED) is 0.845. The van der Waals surface area contributed by atoms with Crippen molar-refractivity contribution in [3.05, 3.63) is 0 Å². The van der Waals surface area contributed by atoms with E-state index >= 15 is 0 Å². The summed E-state index contributed by atoms with van der Waals surface area (Å²) >= 11 is 0. The molecule has 1 N–H and O–H groups in total. The van der Waals surface area contributed by atoms with Crippen LogP contribution >= 0.6 is 0 Å². The van der Waals surface area contributed by atoms with Crippen molar-refractivity contribution in [1.29, 1.82) is 0 Å². The van der Waals surface area contributed by atoms with Crippen LogP contribution < -0.4 is 0 Å². The first-order valence-electron chi connectivity index (χ1n) is 7.93. The minimum absolute atomic E-state index is 0.118. The lowest BCUT2D eigenvalue weighted by Crippen LogP contribution is -2.39. The van der Waals surface area contributed by atoms with Crippen molar-refractivity contribution in [2.45, 2.75) is 45.6 Å². The van der Waals surface area contributed by atoms with E-state index in [-0.39, 0.29) is 11.5 Å². The molecule has 2 unspecified atom stereocenters. The molecule has 2 fully saturated rings. The van der Waals surface area contributed by atoms with Crippen LogP contribution in [0.2, 0.25) is 0 Å². The summed E-state index contributed by atoms with van der Waals surface area (Å²) in [6.07, 6.45) is 4.90. The van der Waals surface area contributed by atoms with E-state index < -0.39 is 0 Å². The number of aliphatic hydroxyl groups is 1. The van der Waals surface area contributed by atoms with Crippen molar-refractivity contribution in [3.63, 3.8) is 0 Å². The Labute approximate surface area is 119 Å². The van der Waals surface area contributed by atoms with Crippen LogP contribution in [0.1, 0.15) is 39.5 Å². The van der Waals surface area contributed by atoms with Gasteiger partial charge in [0.15, 0.2) is 0 Å². The maximum Gasteiger partial charge on any atom is 0.0631 e. The average molecular weight is 268 g/mol. The summed E-state index contributed by atoms with van der Waals surface area (Å²) in [7, 11) is 4.45. The number of hydrogen-bond acceptors (Lipinski definition) is 3. The Kier molecular flexibility index (Phi) is 4.91. The molecule has 0 bridgehead atoms. The summed E-state index contributed by atoms with van der Waals surface area (Å²) in [6, 6.07) is 0. The van der Waals surface area contributed by atoms with Crippen LogP contribution in [0, 0.1) is 17.3 Å². The zero-order valence-corrected chi connectivity index (χ0v) is 13.2. The zero-order valence-electron chi connectivity index (χ0n) is 13.2. The average Bonchev–Trinajstić information content (AvgIpc) is 2.59. The van der Waals surface area contributed by atoms with Crippen LogP contribution in [0.4, 0.5) is 0 Å². The topological polar surface area (TPSA) is 26.7 Å². The Morgan fingerprint density at radius 2 is 1.79 bits per heavy atom. The summed E-state index contributed by atoms with van der Waals surface area (Å²) in [4.78, 5) is 4.89. The molecule has 1 aliphatic carbocycles. The third kappa shape index (κ3) is 3.93. The third-order valence-electron chi connectivity index (χ3n) is 5.36. The normalized spacial score (nSPS) is 33.2. The van der Waals surface area contributed by atoms with Gasteiger partial charge in [0.2, 0.25) is 0 Å². The lowest BCUT2D eigenvalue weighted by molar-refractivity contribution is 0.0328. The second-order valence-corrected chi connectivity index (χ2v) is 7.70. The van der Waals surface area contributed by atoms with E-state index in [9.17, 15) is 5.11 Å². The van der Waals surface area contributed by atoms with Crippen molar-refractivity contribution < 1.29 is 5.11 Å². The number of nitrogens with zero attached hydrogens (tertiary/aromatic N) is 2. The molecule has 2 aliphatic rings. The molecule has 1 aliphatic heterocycles. The van der Waals surface area contributed by atoms with Crippen LogP contribution in [0.3, 0.4) is 0 Å². The first-order valence-corrected chi connectivity index (χ1v) is 7.93. The Hall–Kier alpha value is -0.120. The van der Waals surface area contributed by atoms with Gasteiger partial charge in [-0.05, 0) is 70.1 Å². The number of likely N-dealkylation sites (tertiary alicyclic amines) is 1. The maximum absolute atomic E-state index is 10.4. The van der Waals surface area contributed by atoms with Crippen molar-refractivity contribution in [2.24, 2.45) is 17.3 Å². The molecule has 0 spiro atoms. The molecule has 3 heteroatoms. The van der Waals surface area contributed by atoms with Crippen LogP contribution in [0.25, 0.3) is 0 Å². The molecule has 112 valence electrons. The second kappa shape index (κ2) is 6.11. The summed E-state index contributed by atoms with van der Waals surface area (Å²) in [6.45, 7) is 9.17. The molecule has 3 nitrogen and oxygen atoms in total. The van der Waals surface area contributed by atoms with Crippen LogP contribution in [-0.2, 0) is 0 Å². The lowest BCUT2D eigenvalue weighted by atomic mass is 9.87. The number of rotatable bonds is 4. The SMILES string of the molecule is CN1CCC(CN(C)CC2CCC(C)(C)C2O)CC1. The van der Waals surface area contributed by atoms with E-state index in [4.69, 9.17) is 0 Å². The number of aliphatic hydroxyl groups excluding tert-OH is 1. The van der Waals surface area contributed by atoms with Crippen molar-refractivity contribution >= 4 is 0 Å².